The molecular formula is C10H11I2NO3. The van der Waals surface area contributed by atoms with Crippen LogP contribution in [-0.4, -0.2) is 11.5 Å². The monoisotopic (exact) mass is 447 g/mol. The van der Waals surface area contributed by atoms with E-state index in [4.69, 9.17) is 4.74 Å². The summed E-state index contributed by atoms with van der Waals surface area (Å²) in [6.45, 7) is 2.93. The number of halogens is 2. The Labute approximate surface area is 121 Å². The first kappa shape index (κ1) is 14.1. The van der Waals surface area contributed by atoms with Gasteiger partial charge in [-0.15, -0.1) is 0 Å². The number of nitrogens with zero attached hydrogens (tertiary/aromatic N) is 1. The molecule has 16 heavy (non-hydrogen) atoms. The van der Waals surface area contributed by atoms with Crippen LogP contribution in [0.25, 0.3) is 0 Å². The standard InChI is InChI=1S/C10H11I2NO3/c1-2-3-16-6-7-4-8(11)5-9(12)10(7)13(14)15/h4-5H,2-3,6H2,1H3. The van der Waals surface area contributed by atoms with Crippen LogP contribution in [-0.2, 0) is 11.3 Å². The van der Waals surface area contributed by atoms with Gasteiger partial charge in [0.2, 0.25) is 0 Å². The lowest BCUT2D eigenvalue weighted by molar-refractivity contribution is -0.386. The highest BCUT2D eigenvalue weighted by molar-refractivity contribution is 14.1. The van der Waals surface area contributed by atoms with Gasteiger partial charge in [-0.1, -0.05) is 6.92 Å². The summed E-state index contributed by atoms with van der Waals surface area (Å²) in [5, 5.41) is 10.9. The van der Waals surface area contributed by atoms with Gasteiger partial charge in [0.1, 0.15) is 0 Å². The molecular weight excluding hydrogens is 436 g/mol. The number of benzene rings is 1. The Hall–Kier alpha value is 0.0400. The first-order valence-corrected chi connectivity index (χ1v) is 6.92. The minimum atomic E-state index is -0.345. The maximum atomic E-state index is 10.9. The SMILES string of the molecule is CCCOCc1cc(I)cc(I)c1[N+](=O)[O-]. The summed E-state index contributed by atoms with van der Waals surface area (Å²) >= 11 is 4.14. The maximum absolute atomic E-state index is 10.9. The van der Waals surface area contributed by atoms with Gasteiger partial charge < -0.3 is 4.74 Å². The van der Waals surface area contributed by atoms with Crippen molar-refractivity contribution in [1.29, 1.82) is 0 Å². The molecule has 0 aliphatic heterocycles. The average Bonchev–Trinajstić information content (AvgIpc) is 2.16. The summed E-state index contributed by atoms with van der Waals surface area (Å²) in [6, 6.07) is 3.60. The third kappa shape index (κ3) is 3.81. The summed E-state index contributed by atoms with van der Waals surface area (Å²) in [5.74, 6) is 0. The first-order chi connectivity index (χ1) is 7.56. The van der Waals surface area contributed by atoms with Gasteiger partial charge in [-0.05, 0) is 63.7 Å². The zero-order valence-corrected chi connectivity index (χ0v) is 13.0. The van der Waals surface area contributed by atoms with Crippen LogP contribution in [0.1, 0.15) is 18.9 Å². The highest BCUT2D eigenvalue weighted by Crippen LogP contribution is 2.28. The molecule has 0 spiro atoms. The van der Waals surface area contributed by atoms with Gasteiger partial charge in [0.05, 0.1) is 20.7 Å². The van der Waals surface area contributed by atoms with Crippen LogP contribution in [0.2, 0.25) is 0 Å². The molecule has 0 aromatic heterocycles. The van der Waals surface area contributed by atoms with Gasteiger partial charge in [-0.2, -0.15) is 0 Å². The molecule has 0 aliphatic carbocycles. The highest BCUT2D eigenvalue weighted by atomic mass is 127. The third-order valence-corrected chi connectivity index (χ3v) is 3.34. The van der Waals surface area contributed by atoms with E-state index < -0.39 is 0 Å². The van der Waals surface area contributed by atoms with Crippen molar-refractivity contribution in [2.45, 2.75) is 20.0 Å². The molecule has 0 heterocycles. The van der Waals surface area contributed by atoms with E-state index in [1.54, 1.807) is 12.1 Å². The van der Waals surface area contributed by atoms with Crippen LogP contribution in [0.3, 0.4) is 0 Å². The summed E-state index contributed by atoms with van der Waals surface area (Å²) in [4.78, 5) is 10.6. The Bertz CT molecular complexity index is 396. The van der Waals surface area contributed by atoms with Crippen molar-refractivity contribution in [3.8, 4) is 0 Å². The molecule has 0 radical (unpaired) electrons. The van der Waals surface area contributed by atoms with E-state index in [2.05, 4.69) is 22.6 Å². The van der Waals surface area contributed by atoms with Crippen molar-refractivity contribution in [1.82, 2.24) is 0 Å². The summed E-state index contributed by atoms with van der Waals surface area (Å²) in [7, 11) is 0. The summed E-state index contributed by atoms with van der Waals surface area (Å²) < 4.78 is 7.00. The Balaban J connectivity index is 2.99. The maximum Gasteiger partial charge on any atom is 0.288 e. The minimum Gasteiger partial charge on any atom is -0.377 e. The predicted molar refractivity (Wildman–Crippen MR) is 78.5 cm³/mol. The molecule has 0 N–H and O–H groups in total. The van der Waals surface area contributed by atoms with Crippen molar-refractivity contribution in [3.63, 3.8) is 0 Å². The molecule has 1 rings (SSSR count). The van der Waals surface area contributed by atoms with E-state index in [0.717, 1.165) is 9.99 Å². The molecule has 0 atom stereocenters. The van der Waals surface area contributed by atoms with Gasteiger partial charge in [-0.25, -0.2) is 0 Å². The Morgan fingerprint density at radius 3 is 2.69 bits per heavy atom. The van der Waals surface area contributed by atoms with Crippen molar-refractivity contribution in [3.05, 3.63) is 35.0 Å². The normalized spacial score (nSPS) is 10.4. The summed E-state index contributed by atoms with van der Waals surface area (Å²) in [6.07, 6.45) is 0.912. The minimum absolute atomic E-state index is 0.164. The fourth-order valence-electron chi connectivity index (χ4n) is 1.26. The highest BCUT2D eigenvalue weighted by Gasteiger charge is 2.19. The number of hydrogen-bond donors (Lipinski definition) is 0. The van der Waals surface area contributed by atoms with E-state index >= 15 is 0 Å². The number of nitro groups is 1. The van der Waals surface area contributed by atoms with Gasteiger partial charge in [0.25, 0.3) is 5.69 Å². The molecule has 1 aromatic carbocycles. The van der Waals surface area contributed by atoms with Crippen LogP contribution < -0.4 is 0 Å². The van der Waals surface area contributed by atoms with Crippen molar-refractivity contribution < 1.29 is 9.66 Å². The Kier molecular flexibility index (Phi) is 5.90. The van der Waals surface area contributed by atoms with Crippen molar-refractivity contribution in [2.24, 2.45) is 0 Å². The lowest BCUT2D eigenvalue weighted by Gasteiger charge is -2.06. The molecule has 0 bridgehead atoms. The predicted octanol–water partition coefficient (Wildman–Crippen LogP) is 3.73. The van der Waals surface area contributed by atoms with Gasteiger partial charge in [0, 0.05) is 10.2 Å². The molecule has 1 aromatic rings. The fourth-order valence-corrected chi connectivity index (χ4v) is 3.42. The van der Waals surface area contributed by atoms with Gasteiger partial charge >= 0.3 is 0 Å². The molecule has 0 saturated heterocycles. The third-order valence-electron chi connectivity index (χ3n) is 1.90. The average molecular weight is 447 g/mol. The second kappa shape index (κ2) is 6.70. The number of rotatable bonds is 5. The topological polar surface area (TPSA) is 52.4 Å². The molecule has 0 aliphatic rings. The zero-order chi connectivity index (χ0) is 12.1. The quantitative estimate of drug-likeness (QED) is 0.300. The number of ether oxygens (including phenoxy) is 1. The lowest BCUT2D eigenvalue weighted by atomic mass is 10.2. The Morgan fingerprint density at radius 1 is 1.44 bits per heavy atom. The van der Waals surface area contributed by atoms with Crippen LogP contribution in [0.4, 0.5) is 5.69 Å². The molecule has 4 nitrogen and oxygen atoms in total. The zero-order valence-electron chi connectivity index (χ0n) is 8.70. The number of hydrogen-bond acceptors (Lipinski definition) is 3. The lowest BCUT2D eigenvalue weighted by Crippen LogP contribution is -2.02. The van der Waals surface area contributed by atoms with Gasteiger partial charge in [-0.3, -0.25) is 10.1 Å². The van der Waals surface area contributed by atoms with Crippen LogP contribution in [0.15, 0.2) is 12.1 Å². The van der Waals surface area contributed by atoms with Crippen molar-refractivity contribution in [2.75, 3.05) is 6.61 Å². The largest absolute Gasteiger partial charge is 0.377 e. The van der Waals surface area contributed by atoms with E-state index in [-0.39, 0.29) is 10.6 Å². The fraction of sp³-hybridized carbons (Fsp3) is 0.400. The van der Waals surface area contributed by atoms with Gasteiger partial charge in [0.15, 0.2) is 0 Å². The van der Waals surface area contributed by atoms with Crippen molar-refractivity contribution >= 4 is 50.9 Å². The molecule has 6 heteroatoms. The smallest absolute Gasteiger partial charge is 0.288 e. The van der Waals surface area contributed by atoms with E-state index in [9.17, 15) is 10.1 Å². The van der Waals surface area contributed by atoms with E-state index in [1.165, 1.54) is 0 Å². The second-order valence-electron chi connectivity index (χ2n) is 3.21. The summed E-state index contributed by atoms with van der Waals surface area (Å²) in [5.41, 5.74) is 0.812. The second-order valence-corrected chi connectivity index (χ2v) is 5.61. The molecule has 0 amide bonds. The molecule has 0 fully saturated rings. The van der Waals surface area contributed by atoms with E-state index in [0.29, 0.717) is 22.3 Å². The Morgan fingerprint density at radius 2 is 2.12 bits per heavy atom. The van der Waals surface area contributed by atoms with Crippen LogP contribution >= 0.6 is 45.2 Å². The number of nitro benzene ring substituents is 1. The molecule has 88 valence electrons. The van der Waals surface area contributed by atoms with E-state index in [1.807, 2.05) is 29.5 Å². The van der Waals surface area contributed by atoms with Crippen LogP contribution in [0.5, 0.6) is 0 Å². The van der Waals surface area contributed by atoms with Crippen LogP contribution in [0, 0.1) is 17.3 Å². The molecule has 0 unspecified atom stereocenters. The molecule has 0 saturated carbocycles. The first-order valence-electron chi connectivity index (χ1n) is 4.76.